The quantitative estimate of drug-likeness (QED) is 0.536. The second-order valence-electron chi connectivity index (χ2n) is 2.45. The molecule has 2 N–H and O–H groups in total. The normalized spacial score (nSPS) is 15.0. The van der Waals surface area contributed by atoms with Crippen LogP contribution >= 0.6 is 0 Å². The van der Waals surface area contributed by atoms with E-state index in [-0.39, 0.29) is 6.29 Å². The number of rotatable bonds is 3. The standard InChI is InChI=1S/C6H17N3/c1-5-9(4)6(7)8(2)3/h6H,5,7H2,1-4H3. The molecule has 0 aromatic rings. The molecule has 56 valence electrons. The van der Waals surface area contributed by atoms with E-state index in [0.29, 0.717) is 0 Å². The van der Waals surface area contributed by atoms with Gasteiger partial charge in [0.25, 0.3) is 0 Å². The molecule has 0 aliphatic heterocycles. The van der Waals surface area contributed by atoms with Gasteiger partial charge in [-0.25, -0.2) is 0 Å². The van der Waals surface area contributed by atoms with Gasteiger partial charge in [0.05, 0.1) is 0 Å². The molecule has 0 radical (unpaired) electrons. The molecule has 0 saturated carbocycles. The van der Waals surface area contributed by atoms with Crippen LogP contribution in [0, 0.1) is 0 Å². The zero-order valence-electron chi connectivity index (χ0n) is 6.76. The predicted molar refractivity (Wildman–Crippen MR) is 40.0 cm³/mol. The lowest BCUT2D eigenvalue weighted by atomic mass is 10.6. The SMILES string of the molecule is CCN(C)C(N)N(C)C. The topological polar surface area (TPSA) is 32.5 Å². The Bertz CT molecular complexity index is 72.7. The van der Waals surface area contributed by atoms with Crippen LogP contribution in [0.5, 0.6) is 0 Å². The van der Waals surface area contributed by atoms with Crippen molar-refractivity contribution in [2.24, 2.45) is 5.73 Å². The van der Waals surface area contributed by atoms with Crippen molar-refractivity contribution >= 4 is 0 Å². The van der Waals surface area contributed by atoms with Gasteiger partial charge in [-0.1, -0.05) is 6.92 Å². The largest absolute Gasteiger partial charge is 0.303 e. The Hall–Kier alpha value is -0.120. The molecule has 0 saturated heterocycles. The van der Waals surface area contributed by atoms with E-state index in [1.165, 1.54) is 0 Å². The van der Waals surface area contributed by atoms with Crippen LogP contribution in [-0.4, -0.2) is 43.8 Å². The molecule has 0 amide bonds. The molecule has 0 heterocycles. The van der Waals surface area contributed by atoms with Crippen LogP contribution in [0.1, 0.15) is 6.92 Å². The summed E-state index contributed by atoms with van der Waals surface area (Å²) >= 11 is 0. The van der Waals surface area contributed by atoms with Crippen LogP contribution in [0.2, 0.25) is 0 Å². The van der Waals surface area contributed by atoms with E-state index in [4.69, 9.17) is 5.73 Å². The first kappa shape index (κ1) is 8.88. The molecular formula is C6H17N3. The number of hydrogen-bond donors (Lipinski definition) is 1. The van der Waals surface area contributed by atoms with Gasteiger partial charge in [0.1, 0.15) is 6.29 Å². The van der Waals surface area contributed by atoms with E-state index >= 15 is 0 Å². The van der Waals surface area contributed by atoms with Crippen LogP contribution in [0.25, 0.3) is 0 Å². The van der Waals surface area contributed by atoms with Crippen molar-refractivity contribution in [2.75, 3.05) is 27.7 Å². The molecule has 3 heteroatoms. The van der Waals surface area contributed by atoms with Gasteiger partial charge in [0.15, 0.2) is 0 Å². The van der Waals surface area contributed by atoms with Crippen molar-refractivity contribution in [1.29, 1.82) is 0 Å². The monoisotopic (exact) mass is 131 g/mol. The molecule has 0 bridgehead atoms. The zero-order valence-corrected chi connectivity index (χ0v) is 6.76. The van der Waals surface area contributed by atoms with Crippen molar-refractivity contribution < 1.29 is 0 Å². The summed E-state index contributed by atoms with van der Waals surface area (Å²) in [6.07, 6.45) is 0.0509. The van der Waals surface area contributed by atoms with Crippen molar-refractivity contribution in [3.8, 4) is 0 Å². The van der Waals surface area contributed by atoms with Crippen LogP contribution in [0.15, 0.2) is 0 Å². The maximum Gasteiger partial charge on any atom is 0.113 e. The molecule has 0 aliphatic rings. The Morgan fingerprint density at radius 1 is 1.33 bits per heavy atom. The highest BCUT2D eigenvalue weighted by molar-refractivity contribution is 4.54. The molecule has 0 spiro atoms. The lowest BCUT2D eigenvalue weighted by Gasteiger charge is -2.28. The van der Waals surface area contributed by atoms with E-state index in [0.717, 1.165) is 6.54 Å². The summed E-state index contributed by atoms with van der Waals surface area (Å²) in [5.41, 5.74) is 5.72. The maximum absolute atomic E-state index is 5.72. The summed E-state index contributed by atoms with van der Waals surface area (Å²) in [5.74, 6) is 0. The van der Waals surface area contributed by atoms with E-state index in [2.05, 4.69) is 11.8 Å². The summed E-state index contributed by atoms with van der Waals surface area (Å²) in [6, 6.07) is 0. The Balaban J connectivity index is 3.58. The number of hydrogen-bond acceptors (Lipinski definition) is 3. The average Bonchev–Trinajstić information content (AvgIpc) is 1.84. The van der Waals surface area contributed by atoms with Crippen molar-refractivity contribution in [3.05, 3.63) is 0 Å². The lowest BCUT2D eigenvalue weighted by Crippen LogP contribution is -2.49. The Morgan fingerprint density at radius 2 is 1.78 bits per heavy atom. The molecule has 0 aromatic carbocycles. The smallest absolute Gasteiger partial charge is 0.113 e. The summed E-state index contributed by atoms with van der Waals surface area (Å²) in [5, 5.41) is 0. The molecule has 0 rings (SSSR count). The van der Waals surface area contributed by atoms with E-state index in [1.807, 2.05) is 26.0 Å². The first-order valence-corrected chi connectivity index (χ1v) is 3.21. The summed E-state index contributed by atoms with van der Waals surface area (Å²) < 4.78 is 0. The van der Waals surface area contributed by atoms with E-state index in [1.54, 1.807) is 0 Å². The minimum absolute atomic E-state index is 0.0509. The minimum atomic E-state index is 0.0509. The van der Waals surface area contributed by atoms with Gasteiger partial charge in [-0.3, -0.25) is 9.80 Å². The lowest BCUT2D eigenvalue weighted by molar-refractivity contribution is 0.115. The third kappa shape index (κ3) is 2.79. The molecule has 9 heavy (non-hydrogen) atoms. The Kier molecular flexibility index (Phi) is 3.77. The third-order valence-electron chi connectivity index (χ3n) is 1.48. The molecule has 3 nitrogen and oxygen atoms in total. The highest BCUT2D eigenvalue weighted by Crippen LogP contribution is 1.89. The summed E-state index contributed by atoms with van der Waals surface area (Å²) in [6.45, 7) is 3.07. The number of nitrogens with two attached hydrogens (primary N) is 1. The first-order chi connectivity index (χ1) is 4.09. The third-order valence-corrected chi connectivity index (χ3v) is 1.48. The summed E-state index contributed by atoms with van der Waals surface area (Å²) in [7, 11) is 5.94. The highest BCUT2D eigenvalue weighted by atomic mass is 15.4. The van der Waals surface area contributed by atoms with Crippen LogP contribution in [0.4, 0.5) is 0 Å². The molecule has 0 fully saturated rings. The van der Waals surface area contributed by atoms with E-state index in [9.17, 15) is 0 Å². The van der Waals surface area contributed by atoms with Crippen molar-refractivity contribution in [2.45, 2.75) is 13.2 Å². The second-order valence-corrected chi connectivity index (χ2v) is 2.45. The Morgan fingerprint density at radius 3 is 1.89 bits per heavy atom. The second kappa shape index (κ2) is 3.82. The Labute approximate surface area is 57.4 Å². The van der Waals surface area contributed by atoms with Crippen molar-refractivity contribution in [1.82, 2.24) is 9.80 Å². The highest BCUT2D eigenvalue weighted by Gasteiger charge is 2.07. The minimum Gasteiger partial charge on any atom is -0.303 e. The fourth-order valence-corrected chi connectivity index (χ4v) is 0.581. The van der Waals surface area contributed by atoms with Crippen LogP contribution in [-0.2, 0) is 0 Å². The van der Waals surface area contributed by atoms with Gasteiger partial charge in [-0.2, -0.15) is 0 Å². The fourth-order valence-electron chi connectivity index (χ4n) is 0.581. The average molecular weight is 131 g/mol. The van der Waals surface area contributed by atoms with Crippen LogP contribution in [0.3, 0.4) is 0 Å². The van der Waals surface area contributed by atoms with Gasteiger partial charge in [0, 0.05) is 0 Å². The fraction of sp³-hybridized carbons (Fsp3) is 1.00. The van der Waals surface area contributed by atoms with Gasteiger partial charge < -0.3 is 5.73 Å². The van der Waals surface area contributed by atoms with Gasteiger partial charge in [-0.05, 0) is 27.7 Å². The molecule has 1 unspecified atom stereocenters. The predicted octanol–water partition coefficient (Wildman–Crippen LogP) is -0.258. The van der Waals surface area contributed by atoms with Crippen molar-refractivity contribution in [3.63, 3.8) is 0 Å². The van der Waals surface area contributed by atoms with Crippen LogP contribution < -0.4 is 5.73 Å². The van der Waals surface area contributed by atoms with E-state index < -0.39 is 0 Å². The number of nitrogens with zero attached hydrogens (tertiary/aromatic N) is 2. The zero-order chi connectivity index (χ0) is 7.44. The molecule has 1 atom stereocenters. The molecule has 0 aliphatic carbocycles. The van der Waals surface area contributed by atoms with Gasteiger partial charge >= 0.3 is 0 Å². The summed E-state index contributed by atoms with van der Waals surface area (Å²) in [4.78, 5) is 4.05. The molecular weight excluding hydrogens is 114 g/mol. The maximum atomic E-state index is 5.72. The van der Waals surface area contributed by atoms with Gasteiger partial charge in [0.2, 0.25) is 0 Å². The van der Waals surface area contributed by atoms with Gasteiger partial charge in [-0.15, -0.1) is 0 Å². The molecule has 0 aromatic heterocycles. The first-order valence-electron chi connectivity index (χ1n) is 3.21.